The molecule has 1 aliphatic rings. The Morgan fingerprint density at radius 1 is 1.33 bits per heavy atom. The highest BCUT2D eigenvalue weighted by Crippen LogP contribution is 2.45. The van der Waals surface area contributed by atoms with Crippen molar-refractivity contribution in [2.24, 2.45) is 4.99 Å². The van der Waals surface area contributed by atoms with E-state index in [9.17, 15) is 10.1 Å². The van der Waals surface area contributed by atoms with E-state index in [0.717, 1.165) is 0 Å². The summed E-state index contributed by atoms with van der Waals surface area (Å²) in [6.45, 7) is 2.01. The Labute approximate surface area is 189 Å². The molecule has 1 aromatic carbocycles. The summed E-state index contributed by atoms with van der Waals surface area (Å²) < 4.78 is 16.3. The third-order valence-electron chi connectivity index (χ3n) is 4.74. The molecule has 1 aliphatic heterocycles. The van der Waals surface area contributed by atoms with Crippen LogP contribution >= 0.6 is 0 Å². The molecule has 0 bridgehead atoms. The fourth-order valence-electron chi connectivity index (χ4n) is 3.34. The first kappa shape index (κ1) is 23.0. The van der Waals surface area contributed by atoms with Crippen molar-refractivity contribution in [2.75, 3.05) is 37.1 Å². The maximum Gasteiger partial charge on any atom is 0.309 e. The standard InChI is InChI=1S/C21H22N8O4/c1-3-32-14(30)7-8-33-18-11(5-4-6-13(18)31-2)17-15-16(24)12(9-22)19(25)28-20(15)29-21(27-17)26-10-23/h4-6,17H,3,7-8H2,1-2H3,(H6,24,25,26,27,28,29). The van der Waals surface area contributed by atoms with Gasteiger partial charge in [0.15, 0.2) is 17.7 Å². The Bertz CT molecular complexity index is 1180. The van der Waals surface area contributed by atoms with Gasteiger partial charge in [-0.15, -0.1) is 0 Å². The second kappa shape index (κ2) is 10.1. The van der Waals surface area contributed by atoms with E-state index >= 15 is 0 Å². The van der Waals surface area contributed by atoms with E-state index in [0.29, 0.717) is 22.6 Å². The third kappa shape index (κ3) is 4.65. The quantitative estimate of drug-likeness (QED) is 0.270. The second-order valence-corrected chi connectivity index (χ2v) is 6.68. The monoisotopic (exact) mass is 450 g/mol. The molecule has 0 fully saturated rings. The normalized spacial score (nSPS) is 13.9. The average Bonchev–Trinajstić information content (AvgIpc) is 2.79. The van der Waals surface area contributed by atoms with E-state index in [2.05, 4.69) is 20.6 Å². The number of pyridine rings is 1. The number of hydrogen-bond acceptors (Lipinski definition) is 12. The zero-order valence-electron chi connectivity index (χ0n) is 18.0. The number of aliphatic imine (C=N–C) groups is 1. The highest BCUT2D eigenvalue weighted by molar-refractivity contribution is 5.98. The molecule has 170 valence electrons. The minimum absolute atomic E-state index is 0.0140. The largest absolute Gasteiger partial charge is 0.493 e. The van der Waals surface area contributed by atoms with E-state index in [-0.39, 0.29) is 48.5 Å². The molecule has 12 nitrogen and oxygen atoms in total. The van der Waals surface area contributed by atoms with Gasteiger partial charge in [0.05, 0.1) is 32.4 Å². The Morgan fingerprint density at radius 2 is 2.12 bits per heavy atom. The number of nitrogen functional groups attached to an aromatic ring is 2. The number of methoxy groups -OCH3 is 1. The lowest BCUT2D eigenvalue weighted by Crippen LogP contribution is -2.33. The van der Waals surface area contributed by atoms with E-state index in [1.54, 1.807) is 31.3 Å². The number of nitrogens with one attached hydrogen (secondary N) is 2. The van der Waals surface area contributed by atoms with Crippen molar-refractivity contribution >= 4 is 29.3 Å². The molecular weight excluding hydrogens is 428 g/mol. The topological polar surface area (TPSA) is 194 Å². The van der Waals surface area contributed by atoms with Crippen molar-refractivity contribution in [1.29, 1.82) is 10.5 Å². The Hall–Kier alpha value is -4.71. The molecule has 33 heavy (non-hydrogen) atoms. The number of nitriles is 2. The number of carbonyl (C=O) groups is 1. The van der Waals surface area contributed by atoms with E-state index in [1.165, 1.54) is 7.11 Å². The molecule has 2 aromatic rings. The number of esters is 1. The van der Waals surface area contributed by atoms with E-state index in [4.69, 9.17) is 30.9 Å². The van der Waals surface area contributed by atoms with Gasteiger partial charge in [0.1, 0.15) is 29.3 Å². The molecule has 0 spiro atoms. The summed E-state index contributed by atoms with van der Waals surface area (Å²) in [4.78, 5) is 20.5. The molecule has 1 aromatic heterocycles. The lowest BCUT2D eigenvalue weighted by atomic mass is 9.94. The number of rotatable bonds is 7. The minimum atomic E-state index is -0.829. The van der Waals surface area contributed by atoms with Gasteiger partial charge >= 0.3 is 5.97 Å². The molecule has 6 N–H and O–H groups in total. The van der Waals surface area contributed by atoms with Crippen LogP contribution in [0.25, 0.3) is 0 Å². The molecular formula is C21H22N8O4. The highest BCUT2D eigenvalue weighted by atomic mass is 16.5. The van der Waals surface area contributed by atoms with Gasteiger partial charge < -0.3 is 31.0 Å². The predicted octanol–water partition coefficient (Wildman–Crippen LogP) is 1.40. The van der Waals surface area contributed by atoms with Crippen molar-refractivity contribution < 1.29 is 19.0 Å². The van der Waals surface area contributed by atoms with Gasteiger partial charge in [-0.1, -0.05) is 12.1 Å². The fraction of sp³-hybridized carbons (Fsp3) is 0.286. The highest BCUT2D eigenvalue weighted by Gasteiger charge is 2.32. The molecule has 12 heteroatoms. The predicted molar refractivity (Wildman–Crippen MR) is 119 cm³/mol. The van der Waals surface area contributed by atoms with E-state index in [1.807, 2.05) is 6.07 Å². The first-order valence-corrected chi connectivity index (χ1v) is 9.89. The smallest absolute Gasteiger partial charge is 0.309 e. The van der Waals surface area contributed by atoms with Gasteiger partial charge in [-0.25, -0.2) is 9.98 Å². The molecule has 2 heterocycles. The van der Waals surface area contributed by atoms with Gasteiger partial charge in [0.2, 0.25) is 5.96 Å². The number of nitrogens with two attached hydrogens (primary N) is 2. The third-order valence-corrected chi connectivity index (χ3v) is 4.74. The number of anilines is 3. The number of para-hydroxylation sites is 1. The number of fused-ring (bicyclic) bond motifs is 1. The van der Waals surface area contributed by atoms with Crippen LogP contribution in [-0.4, -0.2) is 37.2 Å². The van der Waals surface area contributed by atoms with Crippen molar-refractivity contribution in [3.8, 4) is 23.8 Å². The summed E-state index contributed by atoms with van der Waals surface area (Å²) in [6.07, 6.45) is 1.82. The number of ether oxygens (including phenoxy) is 3. The number of benzene rings is 1. The number of aromatic nitrogens is 1. The van der Waals surface area contributed by atoms with Gasteiger partial charge in [-0.3, -0.25) is 10.1 Å². The second-order valence-electron chi connectivity index (χ2n) is 6.68. The summed E-state index contributed by atoms with van der Waals surface area (Å²) in [5.41, 5.74) is 13.2. The van der Waals surface area contributed by atoms with Crippen LogP contribution in [0.5, 0.6) is 11.5 Å². The average molecular weight is 450 g/mol. The maximum atomic E-state index is 11.7. The summed E-state index contributed by atoms with van der Waals surface area (Å²) in [7, 11) is 1.48. The van der Waals surface area contributed by atoms with Gasteiger partial charge in [-0.2, -0.15) is 10.5 Å². The van der Waals surface area contributed by atoms with Gasteiger partial charge in [0.25, 0.3) is 0 Å². The lowest BCUT2D eigenvalue weighted by Gasteiger charge is -2.27. The fourth-order valence-corrected chi connectivity index (χ4v) is 3.34. The summed E-state index contributed by atoms with van der Waals surface area (Å²) in [6, 6.07) is 6.28. The number of hydrogen-bond donors (Lipinski definition) is 4. The zero-order chi connectivity index (χ0) is 24.0. The van der Waals surface area contributed by atoms with Crippen LogP contribution in [0.4, 0.5) is 17.3 Å². The van der Waals surface area contributed by atoms with Crippen LogP contribution in [0.2, 0.25) is 0 Å². The molecule has 0 aliphatic carbocycles. The number of guanidine groups is 1. The molecule has 3 rings (SSSR count). The molecule has 1 unspecified atom stereocenters. The molecule has 0 amide bonds. The van der Waals surface area contributed by atoms with Gasteiger partial charge in [0, 0.05) is 11.1 Å². The number of carbonyl (C=O) groups excluding carboxylic acids is 1. The summed E-state index contributed by atoms with van der Waals surface area (Å²) in [5, 5.41) is 23.9. The molecule has 1 atom stereocenters. The van der Waals surface area contributed by atoms with Crippen molar-refractivity contribution in [2.45, 2.75) is 19.4 Å². The Balaban J connectivity index is 2.12. The maximum absolute atomic E-state index is 11.7. The molecule has 0 radical (unpaired) electrons. The van der Waals surface area contributed by atoms with Crippen LogP contribution < -0.4 is 31.6 Å². The van der Waals surface area contributed by atoms with Gasteiger partial charge in [-0.05, 0) is 13.0 Å². The zero-order valence-corrected chi connectivity index (χ0v) is 18.0. The summed E-state index contributed by atoms with van der Waals surface area (Å²) in [5.74, 6) is 0.589. The van der Waals surface area contributed by atoms with Crippen LogP contribution in [0.3, 0.4) is 0 Å². The Kier molecular flexibility index (Phi) is 7.00. The SMILES string of the molecule is CCOC(=O)CCOc1c(OC)cccc1C1N=C(NC#N)Nc2nc(N)c(C#N)c(N)c21. The first-order chi connectivity index (χ1) is 15.9. The van der Waals surface area contributed by atoms with Crippen LogP contribution in [0.15, 0.2) is 23.2 Å². The van der Waals surface area contributed by atoms with Crippen LogP contribution in [0.1, 0.15) is 36.1 Å². The van der Waals surface area contributed by atoms with E-state index < -0.39 is 12.0 Å². The van der Waals surface area contributed by atoms with Crippen LogP contribution in [-0.2, 0) is 9.53 Å². The van der Waals surface area contributed by atoms with Crippen LogP contribution in [0, 0.1) is 22.8 Å². The van der Waals surface area contributed by atoms with Crippen molar-refractivity contribution in [1.82, 2.24) is 10.3 Å². The molecule has 0 saturated heterocycles. The lowest BCUT2D eigenvalue weighted by molar-refractivity contribution is -0.143. The Morgan fingerprint density at radius 3 is 2.79 bits per heavy atom. The van der Waals surface area contributed by atoms with Crippen molar-refractivity contribution in [3.05, 3.63) is 34.9 Å². The first-order valence-electron chi connectivity index (χ1n) is 9.89. The summed E-state index contributed by atoms with van der Waals surface area (Å²) >= 11 is 0. The minimum Gasteiger partial charge on any atom is -0.493 e. The van der Waals surface area contributed by atoms with Crippen molar-refractivity contribution in [3.63, 3.8) is 0 Å². The number of nitrogens with zero attached hydrogens (tertiary/aromatic N) is 4. The molecule has 0 saturated carbocycles.